The summed E-state index contributed by atoms with van der Waals surface area (Å²) in [6.07, 6.45) is 4.20. The third-order valence-electron chi connectivity index (χ3n) is 2.25. The van der Waals surface area contributed by atoms with E-state index in [-0.39, 0.29) is 0 Å². The average Bonchev–Trinajstić information content (AvgIpc) is 2.18. The van der Waals surface area contributed by atoms with Gasteiger partial charge < -0.3 is 0 Å². The maximum atomic E-state index is 2.18. The molecule has 0 atom stereocenters. The minimum absolute atomic E-state index is 1.22. The molecule has 0 aliphatic carbocycles. The molecule has 1 aromatic carbocycles. The van der Waals surface area contributed by atoms with Gasteiger partial charge in [-0.2, -0.15) is 4.57 Å². The van der Waals surface area contributed by atoms with Crippen LogP contribution in [0, 0.1) is 13.8 Å². The molecule has 0 fully saturated rings. The van der Waals surface area contributed by atoms with Gasteiger partial charge in [0.1, 0.15) is 0 Å². The quantitative estimate of drug-likeness (QED) is 0.600. The van der Waals surface area contributed by atoms with Gasteiger partial charge in [0.25, 0.3) is 0 Å². The maximum absolute atomic E-state index is 2.18. The van der Waals surface area contributed by atoms with Crippen molar-refractivity contribution in [2.75, 3.05) is 0 Å². The van der Waals surface area contributed by atoms with Gasteiger partial charge in [-0.05, 0) is 25.5 Å². The van der Waals surface area contributed by atoms with Gasteiger partial charge in [0.15, 0.2) is 12.4 Å². The third-order valence-corrected chi connectivity index (χ3v) is 2.25. The van der Waals surface area contributed by atoms with E-state index in [1.165, 1.54) is 16.8 Å². The summed E-state index contributed by atoms with van der Waals surface area (Å²) in [6, 6.07) is 12.7. The molecule has 0 bridgehead atoms. The number of benzene rings is 1. The molecule has 0 unspecified atom stereocenters. The van der Waals surface area contributed by atoms with Crippen LogP contribution in [0.1, 0.15) is 11.1 Å². The lowest BCUT2D eigenvalue weighted by Crippen LogP contribution is -2.29. The molecule has 70 valence electrons. The minimum Gasteiger partial charge on any atom is -0.167 e. The van der Waals surface area contributed by atoms with Gasteiger partial charge in [0.05, 0.1) is 0 Å². The molecule has 2 aromatic rings. The lowest BCUT2D eigenvalue weighted by Gasteiger charge is -1.97. The van der Waals surface area contributed by atoms with Gasteiger partial charge in [0.2, 0.25) is 5.69 Å². The molecule has 1 heterocycles. The molecule has 0 aliphatic heterocycles. The second kappa shape index (κ2) is 3.62. The van der Waals surface area contributed by atoms with Gasteiger partial charge in [-0.1, -0.05) is 12.1 Å². The molecule has 0 saturated heterocycles. The van der Waals surface area contributed by atoms with Crippen molar-refractivity contribution in [1.29, 1.82) is 0 Å². The highest BCUT2D eigenvalue weighted by Gasteiger charge is 2.04. The highest BCUT2D eigenvalue weighted by Crippen LogP contribution is 2.03. The number of aryl methyl sites for hydroxylation is 2. The summed E-state index contributed by atoms with van der Waals surface area (Å²) in [5.74, 6) is 0. The molecule has 1 aromatic heterocycles. The number of hydrogen-bond acceptors (Lipinski definition) is 0. The van der Waals surface area contributed by atoms with Gasteiger partial charge in [-0.25, -0.2) is 0 Å². The Balaban J connectivity index is 2.49. The zero-order chi connectivity index (χ0) is 9.97. The summed E-state index contributed by atoms with van der Waals surface area (Å²) in [5.41, 5.74) is 3.78. The Morgan fingerprint density at radius 1 is 0.929 bits per heavy atom. The van der Waals surface area contributed by atoms with Crippen LogP contribution in [-0.4, -0.2) is 0 Å². The van der Waals surface area contributed by atoms with Crippen LogP contribution in [0.3, 0.4) is 0 Å². The van der Waals surface area contributed by atoms with Crippen molar-refractivity contribution < 1.29 is 4.57 Å². The Bertz CT molecular complexity index is 403. The van der Waals surface area contributed by atoms with E-state index in [1.807, 2.05) is 0 Å². The number of rotatable bonds is 1. The molecular weight excluding hydrogens is 170 g/mol. The van der Waals surface area contributed by atoms with Crippen molar-refractivity contribution in [2.24, 2.45) is 0 Å². The Hall–Kier alpha value is -1.63. The summed E-state index contributed by atoms with van der Waals surface area (Å²) >= 11 is 0. The fourth-order valence-corrected chi connectivity index (χ4v) is 1.54. The van der Waals surface area contributed by atoms with E-state index in [0.29, 0.717) is 0 Å². The number of hydrogen-bond donors (Lipinski definition) is 0. The van der Waals surface area contributed by atoms with Crippen LogP contribution in [0.25, 0.3) is 5.69 Å². The molecule has 0 N–H and O–H groups in total. The zero-order valence-electron chi connectivity index (χ0n) is 8.57. The van der Waals surface area contributed by atoms with E-state index >= 15 is 0 Å². The van der Waals surface area contributed by atoms with Crippen LogP contribution in [0.5, 0.6) is 0 Å². The second-order valence-corrected chi connectivity index (χ2v) is 3.63. The second-order valence-electron chi connectivity index (χ2n) is 3.63. The third kappa shape index (κ3) is 1.82. The summed E-state index contributed by atoms with van der Waals surface area (Å²) in [6.45, 7) is 4.21. The average molecular weight is 184 g/mol. The van der Waals surface area contributed by atoms with Crippen LogP contribution < -0.4 is 4.57 Å². The lowest BCUT2D eigenvalue weighted by molar-refractivity contribution is -0.596. The van der Waals surface area contributed by atoms with Crippen LogP contribution in [-0.2, 0) is 0 Å². The van der Waals surface area contributed by atoms with Gasteiger partial charge in [-0.3, -0.25) is 0 Å². The molecule has 0 radical (unpaired) electrons. The smallest absolute Gasteiger partial charge is 0.167 e. The Morgan fingerprint density at radius 3 is 2.43 bits per heavy atom. The minimum atomic E-state index is 1.22. The summed E-state index contributed by atoms with van der Waals surface area (Å²) in [5, 5.41) is 0. The standard InChI is InChI=1S/C13H14N/c1-11-5-3-7-13(9-11)14-8-4-6-12(2)10-14/h3-10H,1-2H3/q+1. The molecule has 0 amide bonds. The molecule has 2 rings (SSSR count). The van der Waals surface area contributed by atoms with Crippen LogP contribution in [0.4, 0.5) is 0 Å². The molecule has 0 spiro atoms. The van der Waals surface area contributed by atoms with E-state index in [4.69, 9.17) is 0 Å². The van der Waals surface area contributed by atoms with Gasteiger partial charge in [0, 0.05) is 23.8 Å². The van der Waals surface area contributed by atoms with Gasteiger partial charge in [-0.15, -0.1) is 0 Å². The fourth-order valence-electron chi connectivity index (χ4n) is 1.54. The van der Waals surface area contributed by atoms with E-state index < -0.39 is 0 Å². The van der Waals surface area contributed by atoms with Crippen molar-refractivity contribution in [3.63, 3.8) is 0 Å². The number of nitrogens with zero attached hydrogens (tertiary/aromatic N) is 1. The summed E-state index contributed by atoms with van der Waals surface area (Å²) in [4.78, 5) is 0. The van der Waals surface area contributed by atoms with Crippen LogP contribution in [0.2, 0.25) is 0 Å². The monoisotopic (exact) mass is 184 g/mol. The largest absolute Gasteiger partial charge is 0.210 e. The Labute approximate surface area is 84.6 Å². The summed E-state index contributed by atoms with van der Waals surface area (Å²) < 4.78 is 2.14. The predicted molar refractivity (Wildman–Crippen MR) is 57.4 cm³/mol. The van der Waals surface area contributed by atoms with Crippen molar-refractivity contribution >= 4 is 0 Å². The number of pyridine rings is 1. The van der Waals surface area contributed by atoms with Crippen molar-refractivity contribution in [3.05, 3.63) is 59.9 Å². The normalized spacial score (nSPS) is 10.1. The van der Waals surface area contributed by atoms with Crippen molar-refractivity contribution in [1.82, 2.24) is 0 Å². The van der Waals surface area contributed by atoms with Crippen molar-refractivity contribution in [3.8, 4) is 5.69 Å². The molecular formula is C13H14N+. The highest BCUT2D eigenvalue weighted by molar-refractivity contribution is 5.27. The molecule has 1 heteroatoms. The first-order chi connectivity index (χ1) is 6.75. The van der Waals surface area contributed by atoms with Crippen molar-refractivity contribution in [2.45, 2.75) is 13.8 Å². The fraction of sp³-hybridized carbons (Fsp3) is 0.154. The van der Waals surface area contributed by atoms with E-state index in [1.54, 1.807) is 0 Å². The molecule has 0 aliphatic rings. The number of aromatic nitrogens is 1. The Kier molecular flexibility index (Phi) is 2.32. The molecule has 0 saturated carbocycles. The van der Waals surface area contributed by atoms with E-state index in [0.717, 1.165) is 0 Å². The summed E-state index contributed by atoms with van der Waals surface area (Å²) in [7, 11) is 0. The van der Waals surface area contributed by atoms with Crippen LogP contribution in [0.15, 0.2) is 48.8 Å². The highest BCUT2D eigenvalue weighted by atomic mass is 14.9. The first-order valence-electron chi connectivity index (χ1n) is 4.81. The Morgan fingerprint density at radius 2 is 1.71 bits per heavy atom. The van der Waals surface area contributed by atoms with E-state index in [2.05, 4.69) is 67.2 Å². The SMILES string of the molecule is Cc1cccc(-[n+]2cccc(C)c2)c1. The maximum Gasteiger partial charge on any atom is 0.210 e. The van der Waals surface area contributed by atoms with E-state index in [9.17, 15) is 0 Å². The first kappa shape index (κ1) is 8.95. The first-order valence-corrected chi connectivity index (χ1v) is 4.81. The topological polar surface area (TPSA) is 3.88 Å². The zero-order valence-corrected chi connectivity index (χ0v) is 8.57. The lowest BCUT2D eigenvalue weighted by atomic mass is 10.2. The molecule has 1 nitrogen and oxygen atoms in total. The van der Waals surface area contributed by atoms with Crippen LogP contribution >= 0.6 is 0 Å². The predicted octanol–water partition coefficient (Wildman–Crippen LogP) is 2.58. The van der Waals surface area contributed by atoms with Gasteiger partial charge >= 0.3 is 0 Å². The molecule has 14 heavy (non-hydrogen) atoms.